The van der Waals surface area contributed by atoms with Crippen molar-refractivity contribution in [2.75, 3.05) is 19.8 Å². The van der Waals surface area contributed by atoms with Crippen molar-refractivity contribution in [1.82, 2.24) is 9.80 Å². The van der Waals surface area contributed by atoms with Gasteiger partial charge in [-0.2, -0.15) is 0 Å². The number of carbonyl (C=O) groups excluding carboxylic acids is 4. The van der Waals surface area contributed by atoms with Crippen LogP contribution in [0.1, 0.15) is 30.9 Å². The van der Waals surface area contributed by atoms with Crippen molar-refractivity contribution in [2.24, 2.45) is 11.8 Å². The standard InChI is InChI=1S/C27H30N2O6/c1-19(29-25(31)13-23(27(29)33)18-35-16-21-10-6-3-7-11-21)14-28-24(30)12-22(26(28)32)17-34-15-20-8-4-2-5-9-20/h2-11,19,22-23H,12-18H2,1H3. The summed E-state index contributed by atoms with van der Waals surface area (Å²) in [6.45, 7) is 2.68. The molecule has 3 unspecified atom stereocenters. The summed E-state index contributed by atoms with van der Waals surface area (Å²) in [5.41, 5.74) is 1.98. The van der Waals surface area contributed by atoms with Crippen LogP contribution >= 0.6 is 0 Å². The number of carbonyl (C=O) groups is 4. The molecular formula is C27H30N2O6. The van der Waals surface area contributed by atoms with Gasteiger partial charge in [0.2, 0.25) is 23.6 Å². The number of hydrogen-bond donors (Lipinski definition) is 0. The summed E-state index contributed by atoms with van der Waals surface area (Å²) >= 11 is 0. The first kappa shape index (κ1) is 24.8. The van der Waals surface area contributed by atoms with Gasteiger partial charge in [-0.25, -0.2) is 0 Å². The zero-order chi connectivity index (χ0) is 24.8. The molecule has 8 nitrogen and oxygen atoms in total. The summed E-state index contributed by atoms with van der Waals surface area (Å²) in [6, 6.07) is 18.6. The molecule has 184 valence electrons. The lowest BCUT2D eigenvalue weighted by atomic mass is 10.1. The van der Waals surface area contributed by atoms with Crippen LogP contribution in [0.5, 0.6) is 0 Å². The number of likely N-dealkylation sites (tertiary alicyclic amines) is 2. The van der Waals surface area contributed by atoms with Gasteiger partial charge in [0, 0.05) is 19.4 Å². The zero-order valence-electron chi connectivity index (χ0n) is 19.8. The number of rotatable bonds is 11. The molecule has 0 aromatic heterocycles. The van der Waals surface area contributed by atoms with Crippen molar-refractivity contribution in [3.8, 4) is 0 Å². The highest BCUT2D eigenvalue weighted by atomic mass is 16.5. The minimum Gasteiger partial charge on any atom is -0.376 e. The average molecular weight is 479 g/mol. The SMILES string of the molecule is CC(CN1C(=O)CC(COCc2ccccc2)C1=O)N1C(=O)CC(COCc2ccccc2)C1=O. The molecule has 2 heterocycles. The van der Waals surface area contributed by atoms with E-state index in [4.69, 9.17) is 9.47 Å². The highest BCUT2D eigenvalue weighted by Crippen LogP contribution is 2.26. The molecule has 0 radical (unpaired) electrons. The van der Waals surface area contributed by atoms with Gasteiger partial charge in [-0.3, -0.25) is 29.0 Å². The van der Waals surface area contributed by atoms with Crippen LogP contribution in [0.4, 0.5) is 0 Å². The van der Waals surface area contributed by atoms with E-state index in [1.807, 2.05) is 60.7 Å². The van der Waals surface area contributed by atoms with Gasteiger partial charge < -0.3 is 9.47 Å². The fourth-order valence-corrected chi connectivity index (χ4v) is 4.52. The Bertz CT molecular complexity index is 1060. The van der Waals surface area contributed by atoms with E-state index < -0.39 is 17.9 Å². The van der Waals surface area contributed by atoms with Crippen molar-refractivity contribution in [3.63, 3.8) is 0 Å². The highest BCUT2D eigenvalue weighted by Gasteiger charge is 2.44. The minimum atomic E-state index is -0.606. The lowest BCUT2D eigenvalue weighted by Gasteiger charge is -2.27. The Balaban J connectivity index is 1.26. The number of amides is 4. The summed E-state index contributed by atoms with van der Waals surface area (Å²) < 4.78 is 11.3. The van der Waals surface area contributed by atoms with Crippen molar-refractivity contribution in [1.29, 1.82) is 0 Å². The number of benzene rings is 2. The summed E-state index contributed by atoms with van der Waals surface area (Å²) in [6.07, 6.45) is 0.133. The van der Waals surface area contributed by atoms with Gasteiger partial charge in [-0.05, 0) is 18.1 Å². The van der Waals surface area contributed by atoms with E-state index in [1.54, 1.807) is 6.92 Å². The van der Waals surface area contributed by atoms with Crippen LogP contribution in [0.15, 0.2) is 60.7 Å². The second kappa shape index (κ2) is 11.4. The van der Waals surface area contributed by atoms with Crippen molar-refractivity contribution in [2.45, 2.75) is 39.0 Å². The Morgan fingerprint density at radius 3 is 1.77 bits per heavy atom. The molecule has 0 aliphatic carbocycles. The van der Waals surface area contributed by atoms with Crippen LogP contribution in [0, 0.1) is 11.8 Å². The lowest BCUT2D eigenvalue weighted by molar-refractivity contribution is -0.147. The van der Waals surface area contributed by atoms with Gasteiger partial charge in [0.05, 0.1) is 44.3 Å². The first-order chi connectivity index (χ1) is 16.9. The van der Waals surface area contributed by atoms with Gasteiger partial charge >= 0.3 is 0 Å². The molecule has 35 heavy (non-hydrogen) atoms. The van der Waals surface area contributed by atoms with E-state index in [0.717, 1.165) is 16.0 Å². The maximum absolute atomic E-state index is 12.9. The molecule has 0 spiro atoms. The van der Waals surface area contributed by atoms with Crippen LogP contribution in [-0.4, -0.2) is 59.2 Å². The number of imide groups is 2. The third-order valence-corrected chi connectivity index (χ3v) is 6.36. The average Bonchev–Trinajstić information content (AvgIpc) is 3.29. The van der Waals surface area contributed by atoms with Crippen LogP contribution < -0.4 is 0 Å². The third-order valence-electron chi connectivity index (χ3n) is 6.36. The van der Waals surface area contributed by atoms with Crippen LogP contribution in [0.3, 0.4) is 0 Å². The van der Waals surface area contributed by atoms with E-state index in [-0.39, 0.29) is 56.2 Å². The quantitative estimate of drug-likeness (QED) is 0.461. The predicted molar refractivity (Wildman–Crippen MR) is 126 cm³/mol. The second-order valence-corrected chi connectivity index (χ2v) is 9.10. The second-order valence-electron chi connectivity index (χ2n) is 9.10. The molecule has 2 aromatic rings. The molecule has 2 saturated heterocycles. The van der Waals surface area contributed by atoms with Crippen LogP contribution in [-0.2, 0) is 41.9 Å². The molecule has 0 bridgehead atoms. The fourth-order valence-electron chi connectivity index (χ4n) is 4.52. The lowest BCUT2D eigenvalue weighted by Crippen LogP contribution is -2.47. The highest BCUT2D eigenvalue weighted by molar-refractivity contribution is 6.05. The Hall–Kier alpha value is -3.36. The Morgan fingerprint density at radius 2 is 1.23 bits per heavy atom. The van der Waals surface area contributed by atoms with E-state index in [1.165, 1.54) is 4.90 Å². The largest absolute Gasteiger partial charge is 0.376 e. The predicted octanol–water partition coefficient (Wildman–Crippen LogP) is 2.56. The van der Waals surface area contributed by atoms with Gasteiger partial charge in [-0.1, -0.05) is 60.7 Å². The molecule has 2 fully saturated rings. The van der Waals surface area contributed by atoms with Gasteiger partial charge in [0.1, 0.15) is 0 Å². The molecule has 3 atom stereocenters. The van der Waals surface area contributed by atoms with Gasteiger partial charge in [0.25, 0.3) is 0 Å². The van der Waals surface area contributed by atoms with Gasteiger partial charge in [0.15, 0.2) is 0 Å². The Morgan fingerprint density at radius 1 is 0.743 bits per heavy atom. The van der Waals surface area contributed by atoms with E-state index in [9.17, 15) is 19.2 Å². The maximum Gasteiger partial charge on any atom is 0.235 e. The molecular weight excluding hydrogens is 448 g/mol. The molecule has 2 aliphatic heterocycles. The summed E-state index contributed by atoms with van der Waals surface area (Å²) in [4.78, 5) is 53.2. The number of ether oxygens (including phenoxy) is 2. The molecule has 8 heteroatoms. The van der Waals surface area contributed by atoms with E-state index in [2.05, 4.69) is 0 Å². The third kappa shape index (κ3) is 6.01. The number of nitrogens with zero attached hydrogens (tertiary/aromatic N) is 2. The number of hydrogen-bond acceptors (Lipinski definition) is 6. The van der Waals surface area contributed by atoms with Crippen molar-refractivity contribution >= 4 is 23.6 Å². The molecule has 4 rings (SSSR count). The van der Waals surface area contributed by atoms with E-state index in [0.29, 0.717) is 13.2 Å². The minimum absolute atomic E-state index is 0.0120. The zero-order valence-corrected chi connectivity index (χ0v) is 19.8. The molecule has 2 aliphatic rings. The molecule has 0 saturated carbocycles. The van der Waals surface area contributed by atoms with Crippen LogP contribution in [0.25, 0.3) is 0 Å². The topological polar surface area (TPSA) is 93.2 Å². The van der Waals surface area contributed by atoms with Crippen molar-refractivity contribution < 1.29 is 28.7 Å². The summed E-state index contributed by atoms with van der Waals surface area (Å²) in [5.74, 6) is -2.37. The monoisotopic (exact) mass is 478 g/mol. The summed E-state index contributed by atoms with van der Waals surface area (Å²) in [5, 5.41) is 0. The summed E-state index contributed by atoms with van der Waals surface area (Å²) in [7, 11) is 0. The molecule has 0 N–H and O–H groups in total. The maximum atomic E-state index is 12.9. The molecule has 4 amide bonds. The van der Waals surface area contributed by atoms with Crippen LogP contribution in [0.2, 0.25) is 0 Å². The smallest absolute Gasteiger partial charge is 0.235 e. The Kier molecular flexibility index (Phi) is 8.05. The fraction of sp³-hybridized carbons (Fsp3) is 0.407. The van der Waals surface area contributed by atoms with E-state index >= 15 is 0 Å². The van der Waals surface area contributed by atoms with Gasteiger partial charge in [-0.15, -0.1) is 0 Å². The normalized spacial score (nSPS) is 21.3. The molecule has 2 aromatic carbocycles. The van der Waals surface area contributed by atoms with Crippen molar-refractivity contribution in [3.05, 3.63) is 71.8 Å². The first-order valence-electron chi connectivity index (χ1n) is 11.9. The first-order valence-corrected chi connectivity index (χ1v) is 11.9. The Labute approximate surface area is 204 Å².